The van der Waals surface area contributed by atoms with Gasteiger partial charge in [-0.15, -0.1) is 0 Å². The molecular formula is C29H31F2N5O7. The molecule has 0 aliphatic carbocycles. The molecule has 0 aromatic heterocycles. The molecular weight excluding hydrogens is 568 g/mol. The molecule has 4 heterocycles. The summed E-state index contributed by atoms with van der Waals surface area (Å²) < 4.78 is 42.2. The van der Waals surface area contributed by atoms with E-state index >= 15 is 8.78 Å². The number of aliphatic carboxylic acids is 1. The van der Waals surface area contributed by atoms with E-state index in [1.54, 1.807) is 17.0 Å². The Morgan fingerprint density at radius 3 is 2.42 bits per heavy atom. The zero-order valence-electron chi connectivity index (χ0n) is 23.6. The van der Waals surface area contributed by atoms with Gasteiger partial charge < -0.3 is 34.6 Å². The Balaban J connectivity index is 1.18. The van der Waals surface area contributed by atoms with Gasteiger partial charge in [0.25, 0.3) is 0 Å². The Kier molecular flexibility index (Phi) is 7.22. The van der Waals surface area contributed by atoms with E-state index in [1.807, 2.05) is 16.7 Å². The maximum atomic E-state index is 15.6. The van der Waals surface area contributed by atoms with Crippen LogP contribution in [0.5, 0.6) is 5.75 Å². The first kappa shape index (κ1) is 28.5. The van der Waals surface area contributed by atoms with E-state index in [-0.39, 0.29) is 55.2 Å². The molecule has 3 atom stereocenters. The van der Waals surface area contributed by atoms with Gasteiger partial charge in [0, 0.05) is 45.2 Å². The third-order valence-electron chi connectivity index (χ3n) is 8.36. The lowest BCUT2D eigenvalue weighted by atomic mass is 9.88. The van der Waals surface area contributed by atoms with Gasteiger partial charge >= 0.3 is 12.1 Å². The molecule has 2 amide bonds. The lowest BCUT2D eigenvalue weighted by molar-refractivity contribution is -0.139. The molecule has 4 aliphatic heterocycles. The lowest BCUT2D eigenvalue weighted by Crippen LogP contribution is -2.52. The molecule has 2 aromatic carbocycles. The zero-order valence-corrected chi connectivity index (χ0v) is 23.6. The van der Waals surface area contributed by atoms with Gasteiger partial charge in [0.2, 0.25) is 5.91 Å². The highest BCUT2D eigenvalue weighted by Crippen LogP contribution is 2.49. The van der Waals surface area contributed by atoms with Crippen LogP contribution in [0.15, 0.2) is 24.3 Å². The summed E-state index contributed by atoms with van der Waals surface area (Å²) in [4.78, 5) is 54.9. The molecule has 2 aromatic rings. The molecule has 0 spiro atoms. The first-order valence-electron chi connectivity index (χ1n) is 14.1. The molecule has 3 unspecified atom stereocenters. The van der Waals surface area contributed by atoms with Crippen molar-refractivity contribution in [3.8, 4) is 5.75 Å². The van der Waals surface area contributed by atoms with Crippen LogP contribution in [0.1, 0.15) is 24.2 Å². The van der Waals surface area contributed by atoms with Gasteiger partial charge in [-0.1, -0.05) is 0 Å². The molecule has 6 rings (SSSR count). The third-order valence-corrected chi connectivity index (χ3v) is 8.36. The Labute approximate surface area is 245 Å². The number of halogens is 2. The van der Waals surface area contributed by atoms with E-state index in [9.17, 15) is 24.3 Å². The fraction of sp³-hybridized carbons (Fsp3) is 0.448. The molecule has 2 N–H and O–H groups in total. The maximum Gasteiger partial charge on any atom is 0.414 e. The number of hydrogen-bond donors (Lipinski definition) is 2. The Bertz CT molecular complexity index is 1510. The predicted octanol–water partition coefficient (Wildman–Crippen LogP) is 2.24. The fourth-order valence-corrected chi connectivity index (χ4v) is 6.14. The highest BCUT2D eigenvalue weighted by Gasteiger charge is 2.44. The smallest absolute Gasteiger partial charge is 0.414 e. The summed E-state index contributed by atoms with van der Waals surface area (Å²) >= 11 is 0. The summed E-state index contributed by atoms with van der Waals surface area (Å²) in [6, 6.07) is 5.39. The van der Waals surface area contributed by atoms with Crippen molar-refractivity contribution >= 4 is 46.5 Å². The van der Waals surface area contributed by atoms with Crippen molar-refractivity contribution in [3.05, 3.63) is 41.5 Å². The molecule has 12 nitrogen and oxygen atoms in total. The molecule has 2 fully saturated rings. The number of ketones is 1. The van der Waals surface area contributed by atoms with Crippen molar-refractivity contribution in [2.24, 2.45) is 5.92 Å². The number of anilines is 4. The fourth-order valence-electron chi connectivity index (χ4n) is 6.14. The van der Waals surface area contributed by atoms with Crippen LogP contribution in [0.2, 0.25) is 0 Å². The van der Waals surface area contributed by atoms with Crippen molar-refractivity contribution in [1.82, 2.24) is 5.32 Å². The van der Waals surface area contributed by atoms with E-state index in [0.717, 1.165) is 6.07 Å². The standard InChI is InChI=1S/C29H31F2N5O7/c1-15-14-42-27-24-19(26(38)20(28(39)40)13-35(15)24)10-22(31)25(27)34-7-5-33(6-8-34)23-4-3-17(9-21(23)30)36-12-18(43-29(36)41)11-32-16(2)37/h3-4,9-10,15,18,20H,5-8,11-14H2,1-2H3,(H,32,37)(H,39,40). The number of benzene rings is 2. The van der Waals surface area contributed by atoms with Crippen LogP contribution in [0.25, 0.3) is 0 Å². The molecule has 4 aliphatic rings. The topological polar surface area (TPSA) is 132 Å². The van der Waals surface area contributed by atoms with Crippen molar-refractivity contribution in [2.75, 3.05) is 72.0 Å². The second-order valence-corrected chi connectivity index (χ2v) is 11.2. The minimum absolute atomic E-state index is 0.00515. The number of carboxylic acids is 1. The highest BCUT2D eigenvalue weighted by atomic mass is 19.1. The summed E-state index contributed by atoms with van der Waals surface area (Å²) in [6.07, 6.45) is -1.17. The van der Waals surface area contributed by atoms with E-state index in [4.69, 9.17) is 9.47 Å². The van der Waals surface area contributed by atoms with E-state index < -0.39 is 41.5 Å². The maximum absolute atomic E-state index is 15.6. The van der Waals surface area contributed by atoms with Crippen molar-refractivity contribution < 1.29 is 42.5 Å². The van der Waals surface area contributed by atoms with Crippen LogP contribution in [0, 0.1) is 17.6 Å². The number of amides is 2. The van der Waals surface area contributed by atoms with E-state index in [0.29, 0.717) is 43.2 Å². The van der Waals surface area contributed by atoms with Crippen LogP contribution in [-0.4, -0.2) is 93.4 Å². The number of rotatable bonds is 6. The number of carbonyl (C=O) groups excluding carboxylic acids is 3. The van der Waals surface area contributed by atoms with Gasteiger partial charge in [-0.05, 0) is 31.2 Å². The number of hydrogen-bond acceptors (Lipinski definition) is 9. The minimum Gasteiger partial charge on any atom is -0.487 e. The van der Waals surface area contributed by atoms with Crippen LogP contribution in [0.3, 0.4) is 0 Å². The second kappa shape index (κ2) is 10.9. The average molecular weight is 600 g/mol. The van der Waals surface area contributed by atoms with E-state index in [2.05, 4.69) is 5.32 Å². The summed E-state index contributed by atoms with van der Waals surface area (Å²) in [5.74, 6) is -4.40. The monoisotopic (exact) mass is 599 g/mol. The number of cyclic esters (lactones) is 1. The molecule has 2 saturated heterocycles. The zero-order chi connectivity index (χ0) is 30.6. The SMILES string of the molecule is CC(=O)NCC1CN(c2ccc(N3CCN(c4c(F)cc5c6c4OCC(C)N6CC(C(=O)O)C5=O)CC3)c(F)c2)C(=O)O1. The number of ether oxygens (including phenoxy) is 2. The molecule has 14 heteroatoms. The largest absolute Gasteiger partial charge is 0.487 e. The minimum atomic E-state index is -1.28. The molecule has 43 heavy (non-hydrogen) atoms. The molecule has 0 saturated carbocycles. The number of nitrogens with zero attached hydrogens (tertiary/aromatic N) is 4. The van der Waals surface area contributed by atoms with Gasteiger partial charge in [-0.25, -0.2) is 13.6 Å². The normalized spacial score (nSPS) is 23.1. The van der Waals surface area contributed by atoms with Crippen molar-refractivity contribution in [2.45, 2.75) is 26.0 Å². The van der Waals surface area contributed by atoms with Crippen LogP contribution in [0.4, 0.5) is 36.3 Å². The highest BCUT2D eigenvalue weighted by molar-refractivity contribution is 6.15. The van der Waals surface area contributed by atoms with Crippen molar-refractivity contribution in [1.29, 1.82) is 0 Å². The first-order valence-corrected chi connectivity index (χ1v) is 14.1. The summed E-state index contributed by atoms with van der Waals surface area (Å²) in [6.45, 7) is 5.13. The third kappa shape index (κ3) is 5.04. The summed E-state index contributed by atoms with van der Waals surface area (Å²) in [5, 5.41) is 12.2. The van der Waals surface area contributed by atoms with Crippen LogP contribution < -0.4 is 29.7 Å². The predicted molar refractivity (Wildman–Crippen MR) is 151 cm³/mol. The second-order valence-electron chi connectivity index (χ2n) is 11.2. The van der Waals surface area contributed by atoms with Gasteiger partial charge in [0.1, 0.15) is 30.1 Å². The van der Waals surface area contributed by atoms with E-state index in [1.165, 1.54) is 17.9 Å². The van der Waals surface area contributed by atoms with Gasteiger partial charge in [-0.3, -0.25) is 19.3 Å². The van der Waals surface area contributed by atoms with Crippen molar-refractivity contribution in [3.63, 3.8) is 0 Å². The number of piperazine rings is 1. The summed E-state index contributed by atoms with van der Waals surface area (Å²) in [7, 11) is 0. The Morgan fingerprint density at radius 1 is 1.02 bits per heavy atom. The molecule has 228 valence electrons. The van der Waals surface area contributed by atoms with Gasteiger partial charge in [0.05, 0.1) is 36.2 Å². The Hall–Kier alpha value is -4.62. The van der Waals surface area contributed by atoms with Crippen LogP contribution >= 0.6 is 0 Å². The quantitative estimate of drug-likeness (QED) is 0.477. The van der Waals surface area contributed by atoms with Gasteiger partial charge in [0.15, 0.2) is 17.3 Å². The molecule has 0 radical (unpaired) electrons. The number of Topliss-reactive ketones (excluding diaryl/α,β-unsaturated/α-hetero) is 1. The summed E-state index contributed by atoms with van der Waals surface area (Å²) in [5.41, 5.74) is 1.29. The lowest BCUT2D eigenvalue weighted by Gasteiger charge is -2.44. The average Bonchev–Trinajstić information content (AvgIpc) is 3.35. The van der Waals surface area contributed by atoms with Gasteiger partial charge in [-0.2, -0.15) is 0 Å². The van der Waals surface area contributed by atoms with Crippen LogP contribution in [-0.2, 0) is 14.3 Å². The number of carbonyl (C=O) groups is 4. The Morgan fingerprint density at radius 2 is 1.74 bits per heavy atom. The molecule has 0 bridgehead atoms. The first-order chi connectivity index (χ1) is 20.5. The number of nitrogens with one attached hydrogen (secondary N) is 1. The number of carboxylic acid groups (broad SMARTS) is 1.